The lowest BCUT2D eigenvalue weighted by molar-refractivity contribution is -0.137. The van der Waals surface area contributed by atoms with Crippen LogP contribution in [0.1, 0.15) is 36.2 Å². The van der Waals surface area contributed by atoms with Crippen molar-refractivity contribution in [2.75, 3.05) is 10.6 Å². The molecular weight excluding hydrogens is 319 g/mol. The molecule has 1 heterocycles. The molecule has 0 saturated carbocycles. The molecule has 0 aliphatic carbocycles. The largest absolute Gasteiger partial charge is 0.416 e. The molecule has 1 aromatic heterocycles. The maximum absolute atomic E-state index is 12.5. The Hall–Kier alpha value is -2.57. The standard InChI is InChI=1S/C17H18F3N3O/c1-3-11(2)22-15-9-8-14(10-21-15)23-16(24)12-4-6-13(7-5-12)17(18,19)20/h4-11H,3H2,1-2H3,(H,21,22)(H,23,24). The van der Waals surface area contributed by atoms with Crippen LogP contribution in [0.15, 0.2) is 42.6 Å². The van der Waals surface area contributed by atoms with Gasteiger partial charge in [0.1, 0.15) is 5.82 Å². The third kappa shape index (κ3) is 4.71. The summed E-state index contributed by atoms with van der Waals surface area (Å²) < 4.78 is 37.5. The third-order valence-electron chi connectivity index (χ3n) is 3.50. The number of nitrogens with zero attached hydrogens (tertiary/aromatic N) is 1. The maximum atomic E-state index is 12.5. The summed E-state index contributed by atoms with van der Waals surface area (Å²) in [5, 5.41) is 5.79. The van der Waals surface area contributed by atoms with Crippen molar-refractivity contribution in [3.63, 3.8) is 0 Å². The number of benzene rings is 1. The smallest absolute Gasteiger partial charge is 0.368 e. The van der Waals surface area contributed by atoms with E-state index in [-0.39, 0.29) is 11.6 Å². The van der Waals surface area contributed by atoms with Crippen molar-refractivity contribution in [1.82, 2.24) is 4.98 Å². The van der Waals surface area contributed by atoms with Crippen LogP contribution >= 0.6 is 0 Å². The van der Waals surface area contributed by atoms with Gasteiger partial charge in [-0.1, -0.05) is 6.92 Å². The van der Waals surface area contributed by atoms with Crippen LogP contribution < -0.4 is 10.6 Å². The molecule has 2 rings (SSSR count). The van der Waals surface area contributed by atoms with E-state index in [1.807, 2.05) is 6.92 Å². The van der Waals surface area contributed by atoms with Crippen LogP contribution in [0.4, 0.5) is 24.7 Å². The van der Waals surface area contributed by atoms with Gasteiger partial charge in [-0.2, -0.15) is 13.2 Å². The summed E-state index contributed by atoms with van der Waals surface area (Å²) in [5.74, 6) is 0.199. The fourth-order valence-corrected chi connectivity index (χ4v) is 1.92. The molecule has 1 unspecified atom stereocenters. The lowest BCUT2D eigenvalue weighted by atomic mass is 10.1. The molecular formula is C17H18F3N3O. The highest BCUT2D eigenvalue weighted by molar-refractivity contribution is 6.04. The monoisotopic (exact) mass is 337 g/mol. The highest BCUT2D eigenvalue weighted by atomic mass is 19.4. The van der Waals surface area contributed by atoms with Crippen molar-refractivity contribution >= 4 is 17.4 Å². The van der Waals surface area contributed by atoms with Crippen molar-refractivity contribution in [2.24, 2.45) is 0 Å². The normalized spacial score (nSPS) is 12.5. The van der Waals surface area contributed by atoms with Gasteiger partial charge in [0.2, 0.25) is 0 Å². The second-order valence-electron chi connectivity index (χ2n) is 5.41. The van der Waals surface area contributed by atoms with Gasteiger partial charge in [-0.25, -0.2) is 4.98 Å². The third-order valence-corrected chi connectivity index (χ3v) is 3.50. The van der Waals surface area contributed by atoms with Crippen molar-refractivity contribution in [2.45, 2.75) is 32.5 Å². The number of aromatic nitrogens is 1. The lowest BCUT2D eigenvalue weighted by Crippen LogP contribution is -2.15. The molecule has 0 fully saturated rings. The van der Waals surface area contributed by atoms with Gasteiger partial charge in [-0.3, -0.25) is 4.79 Å². The van der Waals surface area contributed by atoms with E-state index in [4.69, 9.17) is 0 Å². The van der Waals surface area contributed by atoms with Crippen molar-refractivity contribution in [1.29, 1.82) is 0 Å². The molecule has 24 heavy (non-hydrogen) atoms. The second-order valence-corrected chi connectivity index (χ2v) is 5.41. The highest BCUT2D eigenvalue weighted by Gasteiger charge is 2.30. The van der Waals surface area contributed by atoms with Crippen LogP contribution in [0, 0.1) is 0 Å². The topological polar surface area (TPSA) is 54.0 Å². The van der Waals surface area contributed by atoms with Gasteiger partial charge in [0.15, 0.2) is 0 Å². The zero-order chi connectivity index (χ0) is 17.7. The summed E-state index contributed by atoms with van der Waals surface area (Å²) in [6, 6.07) is 7.74. The zero-order valence-corrected chi connectivity index (χ0v) is 13.3. The average molecular weight is 337 g/mol. The second kappa shape index (κ2) is 7.33. The first kappa shape index (κ1) is 17.8. The molecule has 7 heteroatoms. The Labute approximate surface area is 138 Å². The zero-order valence-electron chi connectivity index (χ0n) is 13.3. The van der Waals surface area contributed by atoms with E-state index in [9.17, 15) is 18.0 Å². The van der Waals surface area contributed by atoms with E-state index in [2.05, 4.69) is 22.5 Å². The summed E-state index contributed by atoms with van der Waals surface area (Å²) in [7, 11) is 0. The lowest BCUT2D eigenvalue weighted by Gasteiger charge is -2.12. The number of halogens is 3. The number of amides is 1. The summed E-state index contributed by atoms with van der Waals surface area (Å²) in [6.45, 7) is 4.08. The Morgan fingerprint density at radius 3 is 2.33 bits per heavy atom. The molecule has 0 aliphatic rings. The Morgan fingerprint density at radius 2 is 1.83 bits per heavy atom. The molecule has 128 valence electrons. The highest BCUT2D eigenvalue weighted by Crippen LogP contribution is 2.29. The summed E-state index contributed by atoms with van der Waals surface area (Å²) in [4.78, 5) is 16.2. The quantitative estimate of drug-likeness (QED) is 0.841. The van der Waals surface area contributed by atoms with Gasteiger partial charge in [-0.05, 0) is 49.7 Å². The van der Waals surface area contributed by atoms with Gasteiger partial charge < -0.3 is 10.6 Å². The van der Waals surface area contributed by atoms with E-state index in [1.54, 1.807) is 12.1 Å². The predicted molar refractivity (Wildman–Crippen MR) is 87.0 cm³/mol. The van der Waals surface area contributed by atoms with Crippen molar-refractivity contribution in [3.8, 4) is 0 Å². The minimum absolute atomic E-state index is 0.143. The molecule has 0 bridgehead atoms. The van der Waals surface area contributed by atoms with Gasteiger partial charge >= 0.3 is 6.18 Å². The number of anilines is 2. The number of hydrogen-bond acceptors (Lipinski definition) is 3. The summed E-state index contributed by atoms with van der Waals surface area (Å²) >= 11 is 0. The van der Waals surface area contributed by atoms with Crippen molar-refractivity contribution in [3.05, 3.63) is 53.7 Å². The Morgan fingerprint density at radius 1 is 1.17 bits per heavy atom. The molecule has 0 spiro atoms. The number of alkyl halides is 3. The summed E-state index contributed by atoms with van der Waals surface area (Å²) in [6.07, 6.45) is -1.97. The molecule has 2 aromatic rings. The van der Waals surface area contributed by atoms with Crippen LogP contribution in [0.2, 0.25) is 0 Å². The summed E-state index contributed by atoms with van der Waals surface area (Å²) in [5.41, 5.74) is -0.180. The predicted octanol–water partition coefficient (Wildman–Crippen LogP) is 4.56. The van der Waals surface area contributed by atoms with E-state index >= 15 is 0 Å². The molecule has 0 saturated heterocycles. The van der Waals surface area contributed by atoms with Crippen molar-refractivity contribution < 1.29 is 18.0 Å². The average Bonchev–Trinajstić information content (AvgIpc) is 2.55. The van der Waals surface area contributed by atoms with E-state index < -0.39 is 17.6 Å². The molecule has 1 amide bonds. The SMILES string of the molecule is CCC(C)Nc1ccc(NC(=O)c2ccc(C(F)(F)F)cc2)cn1. The van der Waals surface area contributed by atoms with Gasteiger partial charge in [0, 0.05) is 11.6 Å². The molecule has 1 aromatic carbocycles. The number of rotatable bonds is 5. The minimum Gasteiger partial charge on any atom is -0.368 e. The van der Waals surface area contributed by atoms with Gasteiger partial charge in [-0.15, -0.1) is 0 Å². The Balaban J connectivity index is 2.01. The number of carbonyl (C=O) groups is 1. The molecule has 1 atom stereocenters. The van der Waals surface area contributed by atoms with Crippen LogP contribution in [-0.4, -0.2) is 16.9 Å². The number of nitrogens with one attached hydrogen (secondary N) is 2. The molecule has 0 aliphatic heterocycles. The molecule has 0 radical (unpaired) electrons. The van der Waals surface area contributed by atoms with E-state index in [0.717, 1.165) is 30.7 Å². The Kier molecular flexibility index (Phi) is 5.43. The first-order valence-electron chi connectivity index (χ1n) is 7.50. The van der Waals surface area contributed by atoms with Gasteiger partial charge in [0.05, 0.1) is 17.4 Å². The van der Waals surface area contributed by atoms with Gasteiger partial charge in [0.25, 0.3) is 5.91 Å². The van der Waals surface area contributed by atoms with E-state index in [0.29, 0.717) is 11.5 Å². The first-order valence-corrected chi connectivity index (χ1v) is 7.50. The minimum atomic E-state index is -4.42. The Bertz CT molecular complexity index is 682. The van der Waals surface area contributed by atoms with Crippen LogP contribution in [0.5, 0.6) is 0 Å². The van der Waals surface area contributed by atoms with Crippen LogP contribution in [0.3, 0.4) is 0 Å². The fourth-order valence-electron chi connectivity index (χ4n) is 1.92. The number of hydrogen-bond donors (Lipinski definition) is 2. The van der Waals surface area contributed by atoms with E-state index in [1.165, 1.54) is 6.20 Å². The maximum Gasteiger partial charge on any atom is 0.416 e. The van der Waals surface area contributed by atoms with Crippen LogP contribution in [-0.2, 0) is 6.18 Å². The first-order chi connectivity index (χ1) is 11.3. The molecule has 4 nitrogen and oxygen atoms in total. The molecule has 2 N–H and O–H groups in total. The van der Waals surface area contributed by atoms with Crippen LogP contribution in [0.25, 0.3) is 0 Å². The number of pyridine rings is 1. The number of carbonyl (C=O) groups excluding carboxylic acids is 1. The fraction of sp³-hybridized carbons (Fsp3) is 0.294.